The quantitative estimate of drug-likeness (QED) is 0.474. The van der Waals surface area contributed by atoms with Gasteiger partial charge in [-0.3, -0.25) is 4.79 Å². The molecule has 2 aromatic heterocycles. The first-order valence-electron chi connectivity index (χ1n) is 11.7. The molecule has 1 aliphatic carbocycles. The minimum atomic E-state index is -4.07. The summed E-state index contributed by atoms with van der Waals surface area (Å²) in [6.07, 6.45) is 4.46. The second kappa shape index (κ2) is 10.8. The lowest BCUT2D eigenvalue weighted by atomic mass is 9.91. The highest BCUT2D eigenvalue weighted by molar-refractivity contribution is 7.91. The maximum Gasteiger partial charge on any atom is 0.254 e. The summed E-state index contributed by atoms with van der Waals surface area (Å²) in [6.45, 7) is 1.94. The SMILES string of the molecule is Cc1cc(N(C)C)nc(N[C@H]2CC[C@@H](NC(=O)c3cccnc3S(=O)(=O)c3ccccc3Cl)CC2)n1. The van der Waals surface area contributed by atoms with Crippen LogP contribution in [0, 0.1) is 6.92 Å². The highest BCUT2D eigenvalue weighted by Crippen LogP contribution is 2.28. The number of carbonyl (C=O) groups excluding carboxylic acids is 1. The third kappa shape index (κ3) is 5.76. The third-order valence-corrected chi connectivity index (χ3v) is 8.30. The Labute approximate surface area is 216 Å². The number of pyridine rings is 1. The molecule has 4 rings (SSSR count). The molecule has 0 saturated heterocycles. The molecule has 0 spiro atoms. The number of amides is 1. The van der Waals surface area contributed by atoms with Gasteiger partial charge in [-0.2, -0.15) is 4.98 Å². The largest absolute Gasteiger partial charge is 0.363 e. The van der Waals surface area contributed by atoms with Gasteiger partial charge in [-0.15, -0.1) is 0 Å². The summed E-state index contributed by atoms with van der Waals surface area (Å²) >= 11 is 6.13. The zero-order chi connectivity index (χ0) is 25.9. The van der Waals surface area contributed by atoms with Crippen molar-refractivity contribution in [3.05, 3.63) is 64.9 Å². The topological polar surface area (TPSA) is 117 Å². The third-order valence-electron chi connectivity index (χ3n) is 6.09. The molecule has 190 valence electrons. The van der Waals surface area contributed by atoms with Crippen molar-refractivity contribution in [1.82, 2.24) is 20.3 Å². The van der Waals surface area contributed by atoms with Gasteiger partial charge in [0.2, 0.25) is 15.8 Å². The van der Waals surface area contributed by atoms with E-state index in [4.69, 9.17) is 11.6 Å². The fourth-order valence-corrected chi connectivity index (χ4v) is 6.10. The van der Waals surface area contributed by atoms with Crippen LogP contribution in [0.3, 0.4) is 0 Å². The predicted octanol–water partition coefficient (Wildman–Crippen LogP) is 3.89. The summed E-state index contributed by atoms with van der Waals surface area (Å²) in [4.78, 5) is 28.1. The predicted molar refractivity (Wildman–Crippen MR) is 139 cm³/mol. The van der Waals surface area contributed by atoms with Crippen LogP contribution in [0.4, 0.5) is 11.8 Å². The van der Waals surface area contributed by atoms with Crippen LogP contribution in [0.25, 0.3) is 0 Å². The first kappa shape index (κ1) is 25.8. The molecule has 36 heavy (non-hydrogen) atoms. The van der Waals surface area contributed by atoms with Gasteiger partial charge in [0.15, 0.2) is 5.03 Å². The Balaban J connectivity index is 1.42. The average Bonchev–Trinajstić information content (AvgIpc) is 2.85. The molecule has 0 unspecified atom stereocenters. The molecule has 0 bridgehead atoms. The van der Waals surface area contributed by atoms with E-state index in [9.17, 15) is 13.2 Å². The van der Waals surface area contributed by atoms with Crippen molar-refractivity contribution in [3.8, 4) is 0 Å². The van der Waals surface area contributed by atoms with E-state index in [2.05, 4.69) is 25.6 Å². The van der Waals surface area contributed by atoms with Crippen LogP contribution in [0.2, 0.25) is 5.02 Å². The highest BCUT2D eigenvalue weighted by atomic mass is 35.5. The van der Waals surface area contributed by atoms with Crippen LogP contribution < -0.4 is 15.5 Å². The molecule has 2 heterocycles. The lowest BCUT2D eigenvalue weighted by Crippen LogP contribution is -2.40. The first-order valence-corrected chi connectivity index (χ1v) is 13.6. The van der Waals surface area contributed by atoms with E-state index in [1.54, 1.807) is 18.2 Å². The summed E-state index contributed by atoms with van der Waals surface area (Å²) in [7, 11) is -0.199. The Morgan fingerprint density at radius 2 is 1.72 bits per heavy atom. The maximum absolute atomic E-state index is 13.2. The molecular formula is C25H29ClN6O3S. The molecule has 9 nitrogen and oxygen atoms in total. The van der Waals surface area contributed by atoms with Gasteiger partial charge >= 0.3 is 0 Å². The number of anilines is 2. The van der Waals surface area contributed by atoms with Gasteiger partial charge in [0.1, 0.15) is 5.82 Å². The zero-order valence-corrected chi connectivity index (χ0v) is 22.0. The molecule has 1 aliphatic rings. The van der Waals surface area contributed by atoms with Crippen molar-refractivity contribution in [3.63, 3.8) is 0 Å². The highest BCUT2D eigenvalue weighted by Gasteiger charge is 2.29. The van der Waals surface area contributed by atoms with Crippen LogP contribution in [0.15, 0.2) is 58.6 Å². The summed E-state index contributed by atoms with van der Waals surface area (Å²) in [6, 6.07) is 11.2. The van der Waals surface area contributed by atoms with E-state index < -0.39 is 15.7 Å². The Morgan fingerprint density at radius 1 is 1.03 bits per heavy atom. The molecule has 11 heteroatoms. The lowest BCUT2D eigenvalue weighted by molar-refractivity contribution is 0.0922. The monoisotopic (exact) mass is 528 g/mol. The standard InChI is InChI=1S/C25H29ClN6O3S/c1-16-15-22(32(2)3)31-25(28-16)30-18-12-10-17(11-13-18)29-23(33)19-7-6-14-27-24(19)36(34,35)21-9-5-4-8-20(21)26/h4-9,14-15,17-18H,10-13H2,1-3H3,(H,29,33)(H,28,30,31)/t17-,18+. The van der Waals surface area contributed by atoms with Gasteiger partial charge in [0, 0.05) is 44.1 Å². The van der Waals surface area contributed by atoms with Gasteiger partial charge in [-0.05, 0) is 56.9 Å². The van der Waals surface area contributed by atoms with Crippen molar-refractivity contribution < 1.29 is 13.2 Å². The van der Waals surface area contributed by atoms with Crippen molar-refractivity contribution in [1.29, 1.82) is 0 Å². The number of sulfone groups is 1. The molecule has 1 saturated carbocycles. The molecule has 1 aromatic carbocycles. The van der Waals surface area contributed by atoms with Crippen molar-refractivity contribution in [2.24, 2.45) is 0 Å². The van der Waals surface area contributed by atoms with Gasteiger partial charge in [0.25, 0.3) is 5.91 Å². The van der Waals surface area contributed by atoms with Crippen molar-refractivity contribution >= 4 is 39.1 Å². The van der Waals surface area contributed by atoms with Gasteiger partial charge in [-0.1, -0.05) is 23.7 Å². The fraction of sp³-hybridized carbons (Fsp3) is 0.360. The molecule has 0 radical (unpaired) electrons. The number of nitrogens with zero attached hydrogens (tertiary/aromatic N) is 4. The molecule has 1 fully saturated rings. The van der Waals surface area contributed by atoms with Crippen LogP contribution in [0.1, 0.15) is 41.7 Å². The Morgan fingerprint density at radius 3 is 2.42 bits per heavy atom. The second-order valence-corrected chi connectivity index (χ2v) is 11.3. The molecule has 0 aliphatic heterocycles. The van der Waals surface area contributed by atoms with Crippen LogP contribution in [0.5, 0.6) is 0 Å². The zero-order valence-electron chi connectivity index (χ0n) is 20.4. The maximum atomic E-state index is 13.2. The average molecular weight is 529 g/mol. The number of nitrogens with one attached hydrogen (secondary N) is 2. The lowest BCUT2D eigenvalue weighted by Gasteiger charge is -2.30. The minimum Gasteiger partial charge on any atom is -0.363 e. The minimum absolute atomic E-state index is 0.00189. The van der Waals surface area contributed by atoms with Crippen molar-refractivity contribution in [2.45, 2.75) is 54.6 Å². The number of hydrogen-bond acceptors (Lipinski definition) is 8. The van der Waals surface area contributed by atoms with Crippen LogP contribution >= 0.6 is 11.6 Å². The van der Waals surface area contributed by atoms with Crippen molar-refractivity contribution in [2.75, 3.05) is 24.3 Å². The molecule has 0 atom stereocenters. The Hall–Kier alpha value is -3.24. The second-order valence-electron chi connectivity index (χ2n) is 9.04. The Kier molecular flexibility index (Phi) is 7.75. The molecule has 1 amide bonds. The van der Waals surface area contributed by atoms with E-state index in [0.29, 0.717) is 5.95 Å². The summed E-state index contributed by atoms with van der Waals surface area (Å²) in [5.74, 6) is 0.962. The summed E-state index contributed by atoms with van der Waals surface area (Å²) in [5.41, 5.74) is 0.887. The van der Waals surface area contributed by atoms with Crippen LogP contribution in [-0.2, 0) is 9.84 Å². The number of hydrogen-bond donors (Lipinski definition) is 2. The van der Waals surface area contributed by atoms with E-state index in [1.807, 2.05) is 32.0 Å². The number of aromatic nitrogens is 3. The number of halogens is 1. The summed E-state index contributed by atoms with van der Waals surface area (Å²) in [5, 5.41) is 6.17. The molecule has 2 N–H and O–H groups in total. The fourth-order valence-electron chi connectivity index (χ4n) is 4.22. The normalized spacial score (nSPS) is 17.9. The number of rotatable bonds is 7. The number of benzene rings is 1. The number of aryl methyl sites for hydroxylation is 1. The summed E-state index contributed by atoms with van der Waals surface area (Å²) < 4.78 is 26.5. The van der Waals surface area contributed by atoms with E-state index >= 15 is 0 Å². The molecular weight excluding hydrogens is 500 g/mol. The smallest absolute Gasteiger partial charge is 0.254 e. The first-order chi connectivity index (χ1) is 17.1. The van der Waals surface area contributed by atoms with E-state index in [1.165, 1.54) is 24.4 Å². The van der Waals surface area contributed by atoms with E-state index in [0.717, 1.165) is 37.2 Å². The van der Waals surface area contributed by atoms with Crippen LogP contribution in [-0.4, -0.2) is 55.5 Å². The van der Waals surface area contributed by atoms with E-state index in [-0.39, 0.29) is 32.6 Å². The van der Waals surface area contributed by atoms with Gasteiger partial charge in [0.05, 0.1) is 15.5 Å². The Bertz CT molecular complexity index is 1360. The number of carbonyl (C=O) groups is 1. The van der Waals surface area contributed by atoms with Gasteiger partial charge < -0.3 is 15.5 Å². The molecule has 3 aromatic rings. The van der Waals surface area contributed by atoms with Gasteiger partial charge in [-0.25, -0.2) is 18.4 Å².